The first-order valence-electron chi connectivity index (χ1n) is 7.54. The van der Waals surface area contributed by atoms with E-state index in [2.05, 4.69) is 0 Å². The number of anilines is 1. The van der Waals surface area contributed by atoms with E-state index in [4.69, 9.17) is 26.8 Å². The van der Waals surface area contributed by atoms with E-state index in [1.54, 1.807) is 30.3 Å². The fraction of sp³-hybridized carbons (Fsp3) is 0.0556. The van der Waals surface area contributed by atoms with Crippen LogP contribution < -0.4 is 14.4 Å². The van der Waals surface area contributed by atoms with Crippen LogP contribution in [0.2, 0.25) is 0 Å². The van der Waals surface area contributed by atoms with E-state index in [-0.39, 0.29) is 18.3 Å². The van der Waals surface area contributed by atoms with Crippen molar-refractivity contribution in [1.82, 2.24) is 0 Å². The molecule has 130 valence electrons. The van der Waals surface area contributed by atoms with Gasteiger partial charge in [0.15, 0.2) is 15.8 Å². The molecule has 2 aliphatic heterocycles. The lowest BCUT2D eigenvalue weighted by Gasteiger charge is -2.14. The highest BCUT2D eigenvalue weighted by Gasteiger charge is 2.33. The minimum Gasteiger partial charge on any atom is -0.478 e. The van der Waals surface area contributed by atoms with Crippen molar-refractivity contribution in [2.75, 3.05) is 11.7 Å². The van der Waals surface area contributed by atoms with Gasteiger partial charge in [-0.3, -0.25) is 9.69 Å². The van der Waals surface area contributed by atoms with Crippen molar-refractivity contribution in [3.63, 3.8) is 0 Å². The number of carbonyl (C=O) groups is 2. The number of aromatic carboxylic acids is 1. The Morgan fingerprint density at radius 1 is 1.15 bits per heavy atom. The minimum atomic E-state index is -1.02. The van der Waals surface area contributed by atoms with Crippen LogP contribution in [-0.4, -0.2) is 28.1 Å². The van der Waals surface area contributed by atoms with E-state index >= 15 is 0 Å². The number of carboxylic acids is 1. The van der Waals surface area contributed by atoms with Gasteiger partial charge in [0.25, 0.3) is 5.91 Å². The Morgan fingerprint density at radius 2 is 1.88 bits per heavy atom. The quantitative estimate of drug-likeness (QED) is 0.640. The van der Waals surface area contributed by atoms with E-state index < -0.39 is 5.97 Å². The number of benzene rings is 2. The van der Waals surface area contributed by atoms with Crippen LogP contribution in [0.15, 0.2) is 47.4 Å². The number of rotatable bonds is 3. The van der Waals surface area contributed by atoms with Crippen LogP contribution in [0.4, 0.5) is 5.69 Å². The summed E-state index contributed by atoms with van der Waals surface area (Å²) in [7, 11) is 0. The zero-order valence-electron chi connectivity index (χ0n) is 13.2. The number of carbonyl (C=O) groups excluding carboxylic acids is 1. The number of nitrogens with zero attached hydrogens (tertiary/aromatic N) is 1. The molecule has 0 bridgehead atoms. The molecule has 4 rings (SSSR count). The first-order valence-corrected chi connectivity index (χ1v) is 8.76. The number of amides is 1. The van der Waals surface area contributed by atoms with Gasteiger partial charge in [0, 0.05) is 0 Å². The fourth-order valence-electron chi connectivity index (χ4n) is 2.60. The second-order valence-electron chi connectivity index (χ2n) is 5.48. The first-order chi connectivity index (χ1) is 12.5. The summed E-state index contributed by atoms with van der Waals surface area (Å²) in [5.74, 6) is 0.0390. The summed E-state index contributed by atoms with van der Waals surface area (Å²) in [6.07, 6.45) is 1.74. The molecule has 2 heterocycles. The third-order valence-electron chi connectivity index (χ3n) is 3.86. The molecule has 26 heavy (non-hydrogen) atoms. The highest BCUT2D eigenvalue weighted by molar-refractivity contribution is 8.27. The van der Waals surface area contributed by atoms with Gasteiger partial charge >= 0.3 is 5.97 Å². The Balaban J connectivity index is 1.61. The number of thioether (sulfide) groups is 1. The van der Waals surface area contributed by atoms with Crippen LogP contribution in [0, 0.1) is 0 Å². The van der Waals surface area contributed by atoms with Crippen LogP contribution in [0.1, 0.15) is 15.9 Å². The zero-order chi connectivity index (χ0) is 18.3. The third kappa shape index (κ3) is 2.93. The zero-order valence-corrected chi connectivity index (χ0v) is 14.8. The predicted molar refractivity (Wildman–Crippen MR) is 102 cm³/mol. The van der Waals surface area contributed by atoms with Crippen LogP contribution >= 0.6 is 24.0 Å². The maximum absolute atomic E-state index is 12.8. The molecule has 1 saturated heterocycles. The van der Waals surface area contributed by atoms with Crippen molar-refractivity contribution in [1.29, 1.82) is 0 Å². The highest BCUT2D eigenvalue weighted by Crippen LogP contribution is 2.38. The Labute approximate surface area is 158 Å². The summed E-state index contributed by atoms with van der Waals surface area (Å²) in [6, 6.07) is 11.4. The lowest BCUT2D eigenvalue weighted by molar-refractivity contribution is -0.113. The van der Waals surface area contributed by atoms with Crippen LogP contribution in [0.3, 0.4) is 0 Å². The molecular formula is C18H11NO5S2. The molecule has 1 N–H and O–H groups in total. The molecule has 0 saturated carbocycles. The highest BCUT2D eigenvalue weighted by atomic mass is 32.2. The number of ether oxygens (including phenoxy) is 2. The summed E-state index contributed by atoms with van der Waals surface area (Å²) in [4.78, 5) is 25.6. The maximum atomic E-state index is 12.8. The van der Waals surface area contributed by atoms with Crippen molar-refractivity contribution in [2.24, 2.45) is 0 Å². The van der Waals surface area contributed by atoms with Crippen molar-refractivity contribution in [3.05, 3.63) is 58.5 Å². The number of fused-ring (bicyclic) bond motifs is 1. The van der Waals surface area contributed by atoms with Gasteiger partial charge in [-0.05, 0) is 48.0 Å². The van der Waals surface area contributed by atoms with Crippen molar-refractivity contribution in [2.45, 2.75) is 0 Å². The van der Waals surface area contributed by atoms with Crippen molar-refractivity contribution in [3.8, 4) is 11.5 Å². The summed E-state index contributed by atoms with van der Waals surface area (Å²) in [6.45, 7) is 0.188. The summed E-state index contributed by atoms with van der Waals surface area (Å²) < 4.78 is 11.0. The molecule has 0 unspecified atom stereocenters. The van der Waals surface area contributed by atoms with Crippen LogP contribution in [-0.2, 0) is 4.79 Å². The molecule has 2 aromatic rings. The molecule has 0 spiro atoms. The topological polar surface area (TPSA) is 76.1 Å². The predicted octanol–water partition coefficient (Wildman–Crippen LogP) is 3.52. The Bertz CT molecular complexity index is 968. The standard InChI is InChI=1S/C18H11NO5S2/c20-16-15(8-10-1-6-13-14(7-10)24-9-23-13)26-18(25)19(16)12-4-2-11(3-5-12)17(21)22/h1-8H,9H2,(H,21,22)/b15-8-. The molecule has 2 aliphatic rings. The molecule has 0 radical (unpaired) electrons. The lowest BCUT2D eigenvalue weighted by Crippen LogP contribution is -2.27. The fourth-order valence-corrected chi connectivity index (χ4v) is 3.90. The van der Waals surface area contributed by atoms with Crippen molar-refractivity contribution < 1.29 is 24.2 Å². The second-order valence-corrected chi connectivity index (χ2v) is 7.16. The Kier molecular flexibility index (Phi) is 4.14. The van der Waals surface area contributed by atoms with Gasteiger partial charge in [0.2, 0.25) is 6.79 Å². The van der Waals surface area contributed by atoms with Gasteiger partial charge in [-0.15, -0.1) is 0 Å². The van der Waals surface area contributed by atoms with Gasteiger partial charge in [-0.1, -0.05) is 30.0 Å². The third-order valence-corrected chi connectivity index (χ3v) is 5.16. The van der Waals surface area contributed by atoms with E-state index in [1.807, 2.05) is 6.07 Å². The smallest absolute Gasteiger partial charge is 0.335 e. The summed E-state index contributed by atoms with van der Waals surface area (Å²) in [5.41, 5.74) is 1.48. The number of hydrogen-bond acceptors (Lipinski definition) is 6. The first kappa shape index (κ1) is 16.6. The van der Waals surface area contributed by atoms with Gasteiger partial charge < -0.3 is 14.6 Å². The van der Waals surface area contributed by atoms with Crippen LogP contribution in [0.25, 0.3) is 6.08 Å². The Hall–Kier alpha value is -2.84. The number of hydrogen-bond donors (Lipinski definition) is 1. The molecule has 1 amide bonds. The average Bonchev–Trinajstić information content (AvgIpc) is 3.19. The molecular weight excluding hydrogens is 374 g/mol. The monoisotopic (exact) mass is 385 g/mol. The van der Waals surface area contributed by atoms with Crippen molar-refractivity contribution >= 4 is 51.9 Å². The SMILES string of the molecule is O=C(O)c1ccc(N2C(=O)/C(=C/c3ccc4c(c3)OCO4)SC2=S)cc1. The van der Waals surface area contributed by atoms with Gasteiger partial charge in [0.1, 0.15) is 0 Å². The normalized spacial score (nSPS) is 17.2. The number of thiocarbonyl (C=S) groups is 1. The molecule has 0 aliphatic carbocycles. The van der Waals surface area contributed by atoms with E-state index in [0.717, 1.165) is 5.56 Å². The summed E-state index contributed by atoms with van der Waals surface area (Å²) >= 11 is 6.52. The summed E-state index contributed by atoms with van der Waals surface area (Å²) in [5, 5.41) is 8.98. The van der Waals surface area contributed by atoms with Gasteiger partial charge in [-0.2, -0.15) is 0 Å². The maximum Gasteiger partial charge on any atom is 0.335 e. The van der Waals surface area contributed by atoms with Crippen LogP contribution in [0.5, 0.6) is 11.5 Å². The van der Waals surface area contributed by atoms with Gasteiger partial charge in [-0.25, -0.2) is 4.79 Å². The van der Waals surface area contributed by atoms with E-state index in [1.165, 1.54) is 28.8 Å². The molecule has 0 aromatic heterocycles. The molecule has 6 nitrogen and oxygen atoms in total. The molecule has 0 atom stereocenters. The molecule has 8 heteroatoms. The van der Waals surface area contributed by atoms with E-state index in [0.29, 0.717) is 26.4 Å². The number of carboxylic acid groups (broad SMARTS) is 1. The average molecular weight is 385 g/mol. The lowest BCUT2D eigenvalue weighted by atomic mass is 10.1. The van der Waals surface area contributed by atoms with Gasteiger partial charge in [0.05, 0.1) is 16.2 Å². The van der Waals surface area contributed by atoms with E-state index in [9.17, 15) is 9.59 Å². The molecule has 1 fully saturated rings. The second kappa shape index (κ2) is 6.47. The minimum absolute atomic E-state index is 0.148. The molecule has 2 aromatic carbocycles. The largest absolute Gasteiger partial charge is 0.478 e. The Morgan fingerprint density at radius 3 is 2.62 bits per heavy atom.